The third-order valence-electron chi connectivity index (χ3n) is 2.70. The van der Waals surface area contributed by atoms with Crippen LogP contribution in [-0.2, 0) is 16.0 Å². The van der Waals surface area contributed by atoms with Crippen LogP contribution in [0.25, 0.3) is 0 Å². The van der Waals surface area contributed by atoms with Crippen molar-refractivity contribution in [1.29, 1.82) is 0 Å². The van der Waals surface area contributed by atoms with Crippen LogP contribution in [0.2, 0.25) is 0 Å². The molecule has 1 rings (SSSR count). The Bertz CT molecular complexity index is 359. The average Bonchev–Trinajstić information content (AvgIpc) is 2.37. The molecule has 0 aromatic heterocycles. The van der Waals surface area contributed by atoms with Gasteiger partial charge in [0.05, 0.1) is 18.8 Å². The van der Waals surface area contributed by atoms with E-state index in [0.29, 0.717) is 12.8 Å². The summed E-state index contributed by atoms with van der Waals surface area (Å²) < 4.78 is 4.99. The molecule has 1 atom stereocenters. The van der Waals surface area contributed by atoms with E-state index >= 15 is 0 Å². The minimum absolute atomic E-state index is 0.126. The lowest BCUT2D eigenvalue weighted by Crippen LogP contribution is -2.30. The smallest absolute Gasteiger partial charge is 0.306 e. The number of aliphatic hydroxyl groups is 2. The van der Waals surface area contributed by atoms with Gasteiger partial charge in [-0.1, -0.05) is 30.3 Å². The highest BCUT2D eigenvalue weighted by atomic mass is 16.5. The van der Waals surface area contributed by atoms with Gasteiger partial charge in [0, 0.05) is 12.8 Å². The summed E-state index contributed by atoms with van der Waals surface area (Å²) in [6, 6.07) is 9.71. The first-order valence-corrected chi connectivity index (χ1v) is 6.06. The van der Waals surface area contributed by atoms with E-state index in [2.05, 4.69) is 0 Å². The number of rotatable bonds is 7. The number of carbonyl (C=O) groups excluding carboxylic acids is 1. The van der Waals surface area contributed by atoms with Crippen molar-refractivity contribution in [3.63, 3.8) is 0 Å². The van der Waals surface area contributed by atoms with Gasteiger partial charge in [-0.2, -0.15) is 0 Å². The number of hydrogen-bond donors (Lipinski definition) is 2. The Morgan fingerprint density at radius 3 is 2.61 bits per heavy atom. The van der Waals surface area contributed by atoms with Crippen molar-refractivity contribution < 1.29 is 19.7 Å². The Hall–Kier alpha value is -1.39. The molecule has 0 radical (unpaired) electrons. The van der Waals surface area contributed by atoms with Gasteiger partial charge in [0.1, 0.15) is 0 Å². The monoisotopic (exact) mass is 252 g/mol. The molecule has 2 N–H and O–H groups in total. The van der Waals surface area contributed by atoms with Crippen LogP contribution in [0.4, 0.5) is 0 Å². The van der Waals surface area contributed by atoms with Crippen LogP contribution in [0.5, 0.6) is 0 Å². The maximum absolute atomic E-state index is 11.4. The van der Waals surface area contributed by atoms with E-state index in [1.165, 1.54) is 6.92 Å². The molecule has 4 heteroatoms. The maximum Gasteiger partial charge on any atom is 0.306 e. The molecular weight excluding hydrogens is 232 g/mol. The molecule has 1 aromatic rings. The molecule has 0 amide bonds. The second-order valence-corrected chi connectivity index (χ2v) is 4.61. The van der Waals surface area contributed by atoms with Gasteiger partial charge in [0.2, 0.25) is 0 Å². The molecule has 0 saturated heterocycles. The molecule has 18 heavy (non-hydrogen) atoms. The number of carbonyl (C=O) groups is 1. The summed E-state index contributed by atoms with van der Waals surface area (Å²) in [4.78, 5) is 11.4. The van der Waals surface area contributed by atoms with Crippen molar-refractivity contribution >= 4 is 5.97 Å². The van der Waals surface area contributed by atoms with Gasteiger partial charge in [-0.15, -0.1) is 0 Å². The zero-order valence-corrected chi connectivity index (χ0v) is 10.6. The first-order valence-electron chi connectivity index (χ1n) is 6.06. The van der Waals surface area contributed by atoms with E-state index in [1.54, 1.807) is 0 Å². The first kappa shape index (κ1) is 14.7. The number of hydrogen-bond acceptors (Lipinski definition) is 4. The Balaban J connectivity index is 2.19. The number of esters is 1. The van der Waals surface area contributed by atoms with Gasteiger partial charge >= 0.3 is 5.97 Å². The molecule has 0 spiro atoms. The standard InChI is InChI=1S/C14H20O4/c1-14(17,11-15)9-10-18-13(16)8-7-12-5-3-2-4-6-12/h2-6,15,17H,7-11H2,1H3/t14-/m0/s1. The SMILES string of the molecule is C[C@@](O)(CO)CCOC(=O)CCc1ccccc1. The van der Waals surface area contributed by atoms with Crippen LogP contribution in [0.3, 0.4) is 0 Å². The van der Waals surface area contributed by atoms with Gasteiger partial charge in [-0.05, 0) is 18.9 Å². The Morgan fingerprint density at radius 2 is 2.00 bits per heavy atom. The van der Waals surface area contributed by atoms with Crippen LogP contribution in [0.15, 0.2) is 30.3 Å². The summed E-state index contributed by atoms with van der Waals surface area (Å²) >= 11 is 0. The summed E-state index contributed by atoms with van der Waals surface area (Å²) in [5, 5.41) is 18.3. The van der Waals surface area contributed by atoms with Crippen molar-refractivity contribution in [3.05, 3.63) is 35.9 Å². The predicted octanol–water partition coefficient (Wildman–Crippen LogP) is 1.30. The van der Waals surface area contributed by atoms with Crippen LogP contribution in [0.1, 0.15) is 25.3 Å². The fraction of sp³-hybridized carbons (Fsp3) is 0.500. The van der Waals surface area contributed by atoms with Crippen molar-refractivity contribution in [1.82, 2.24) is 0 Å². The van der Waals surface area contributed by atoms with Crippen molar-refractivity contribution in [3.8, 4) is 0 Å². The third-order valence-corrected chi connectivity index (χ3v) is 2.70. The van der Waals surface area contributed by atoms with Gasteiger partial charge in [0.25, 0.3) is 0 Å². The average molecular weight is 252 g/mol. The van der Waals surface area contributed by atoms with Gasteiger partial charge in [0.15, 0.2) is 0 Å². The Kier molecular flexibility index (Phi) is 5.82. The summed E-state index contributed by atoms with van der Waals surface area (Å²) in [6.45, 7) is 1.29. The highest BCUT2D eigenvalue weighted by molar-refractivity contribution is 5.69. The lowest BCUT2D eigenvalue weighted by molar-refractivity contribution is -0.145. The lowest BCUT2D eigenvalue weighted by atomic mass is 10.1. The van der Waals surface area contributed by atoms with Crippen molar-refractivity contribution in [2.45, 2.75) is 31.8 Å². The molecule has 0 unspecified atom stereocenters. The van der Waals surface area contributed by atoms with Gasteiger partial charge in [-0.3, -0.25) is 4.79 Å². The minimum atomic E-state index is -1.18. The molecule has 0 heterocycles. The second-order valence-electron chi connectivity index (χ2n) is 4.61. The van der Waals surface area contributed by atoms with Crippen LogP contribution in [-0.4, -0.2) is 35.0 Å². The number of ether oxygens (including phenoxy) is 1. The third kappa shape index (κ3) is 5.80. The molecule has 0 fully saturated rings. The summed E-state index contributed by atoms with van der Waals surface area (Å²) in [5.74, 6) is -0.285. The molecule has 0 aliphatic carbocycles. The van der Waals surface area contributed by atoms with Crippen molar-refractivity contribution in [2.24, 2.45) is 0 Å². The number of benzene rings is 1. The summed E-state index contributed by atoms with van der Waals surface area (Å²) in [7, 11) is 0. The van der Waals surface area contributed by atoms with E-state index in [9.17, 15) is 9.90 Å². The largest absolute Gasteiger partial charge is 0.466 e. The topological polar surface area (TPSA) is 66.8 Å². The fourth-order valence-electron chi connectivity index (χ4n) is 1.43. The Labute approximate surface area is 107 Å². The molecule has 0 aliphatic heterocycles. The fourth-order valence-corrected chi connectivity index (χ4v) is 1.43. The lowest BCUT2D eigenvalue weighted by Gasteiger charge is -2.19. The Morgan fingerprint density at radius 1 is 1.33 bits per heavy atom. The highest BCUT2D eigenvalue weighted by Gasteiger charge is 2.19. The van der Waals surface area contributed by atoms with Crippen LogP contribution < -0.4 is 0 Å². The minimum Gasteiger partial charge on any atom is -0.466 e. The molecule has 0 saturated carbocycles. The number of aliphatic hydroxyl groups excluding tert-OH is 1. The van der Waals surface area contributed by atoms with E-state index in [0.717, 1.165) is 5.56 Å². The second kappa shape index (κ2) is 7.13. The quantitative estimate of drug-likeness (QED) is 0.718. The zero-order valence-electron chi connectivity index (χ0n) is 10.6. The first-order chi connectivity index (χ1) is 8.53. The zero-order chi connectivity index (χ0) is 13.4. The van der Waals surface area contributed by atoms with E-state index < -0.39 is 5.60 Å². The van der Waals surface area contributed by atoms with Crippen LogP contribution >= 0.6 is 0 Å². The van der Waals surface area contributed by atoms with Crippen LogP contribution in [0, 0.1) is 0 Å². The molecule has 1 aromatic carbocycles. The highest BCUT2D eigenvalue weighted by Crippen LogP contribution is 2.08. The van der Waals surface area contributed by atoms with Crippen molar-refractivity contribution in [2.75, 3.05) is 13.2 Å². The molecule has 0 aliphatic rings. The van der Waals surface area contributed by atoms with Gasteiger partial charge in [-0.25, -0.2) is 0 Å². The number of aryl methyl sites for hydroxylation is 1. The van der Waals surface area contributed by atoms with E-state index in [1.807, 2.05) is 30.3 Å². The van der Waals surface area contributed by atoms with Gasteiger partial charge < -0.3 is 14.9 Å². The molecule has 0 bridgehead atoms. The normalized spacial score (nSPS) is 13.9. The summed E-state index contributed by atoms with van der Waals surface area (Å²) in [6.07, 6.45) is 1.21. The molecular formula is C14H20O4. The predicted molar refractivity (Wildman–Crippen MR) is 68.0 cm³/mol. The maximum atomic E-state index is 11.4. The summed E-state index contributed by atoms with van der Waals surface area (Å²) in [5.41, 5.74) is -0.0866. The molecule has 100 valence electrons. The van der Waals surface area contributed by atoms with E-state index in [4.69, 9.17) is 9.84 Å². The molecule has 4 nitrogen and oxygen atoms in total. The van der Waals surface area contributed by atoms with E-state index in [-0.39, 0.29) is 25.6 Å².